The summed E-state index contributed by atoms with van der Waals surface area (Å²) in [5.74, 6) is 0.0410. The van der Waals surface area contributed by atoms with Crippen LogP contribution in [0, 0.1) is 17.3 Å². The molecule has 18 heavy (non-hydrogen) atoms. The van der Waals surface area contributed by atoms with E-state index >= 15 is 0 Å². The highest BCUT2D eigenvalue weighted by Gasteiger charge is 2.33. The van der Waals surface area contributed by atoms with Crippen LogP contribution in [-0.4, -0.2) is 35.5 Å². The van der Waals surface area contributed by atoms with Crippen molar-refractivity contribution in [1.82, 2.24) is 4.90 Å². The number of rotatable bonds is 4. The van der Waals surface area contributed by atoms with E-state index in [2.05, 4.69) is 20.8 Å². The minimum atomic E-state index is -0.955. The van der Waals surface area contributed by atoms with Crippen LogP contribution in [0.25, 0.3) is 0 Å². The largest absolute Gasteiger partial charge is 0.480 e. The molecule has 1 N–H and O–H groups in total. The molecule has 2 atom stereocenters. The number of likely N-dealkylation sites (N-methyl/N-ethyl adjacent to an activating group) is 1. The summed E-state index contributed by atoms with van der Waals surface area (Å²) in [5.41, 5.74) is 0.300. The molecule has 0 aromatic rings. The first-order valence-electron chi connectivity index (χ1n) is 6.65. The Morgan fingerprint density at radius 2 is 1.94 bits per heavy atom. The van der Waals surface area contributed by atoms with E-state index in [0.29, 0.717) is 23.7 Å². The lowest BCUT2D eigenvalue weighted by Gasteiger charge is -2.39. The number of carboxylic acids is 1. The first-order valence-corrected chi connectivity index (χ1v) is 6.65. The van der Waals surface area contributed by atoms with Crippen molar-refractivity contribution in [3.8, 4) is 0 Å². The lowest BCUT2D eigenvalue weighted by molar-refractivity contribution is -0.144. The van der Waals surface area contributed by atoms with Crippen molar-refractivity contribution in [2.45, 2.75) is 46.5 Å². The normalized spacial score (nSPS) is 26.7. The molecule has 4 nitrogen and oxygen atoms in total. The minimum Gasteiger partial charge on any atom is -0.480 e. The fourth-order valence-corrected chi connectivity index (χ4v) is 3.39. The monoisotopic (exact) mass is 255 g/mol. The van der Waals surface area contributed by atoms with Gasteiger partial charge in [-0.15, -0.1) is 0 Å². The van der Waals surface area contributed by atoms with E-state index in [-0.39, 0.29) is 12.5 Å². The Balaban J connectivity index is 2.51. The number of hydrogen-bond donors (Lipinski definition) is 1. The van der Waals surface area contributed by atoms with Crippen molar-refractivity contribution in [3.63, 3.8) is 0 Å². The van der Waals surface area contributed by atoms with Crippen LogP contribution < -0.4 is 0 Å². The Labute approximate surface area is 109 Å². The minimum absolute atomic E-state index is 0.0488. The third kappa shape index (κ3) is 4.67. The second-order valence-electron chi connectivity index (χ2n) is 6.63. The van der Waals surface area contributed by atoms with Gasteiger partial charge in [0.2, 0.25) is 5.91 Å². The number of carbonyl (C=O) groups is 2. The molecule has 1 saturated carbocycles. The quantitative estimate of drug-likeness (QED) is 0.839. The lowest BCUT2D eigenvalue weighted by Crippen LogP contribution is -2.35. The first-order chi connectivity index (χ1) is 8.19. The molecular formula is C14H25NO3. The first kappa shape index (κ1) is 15.0. The zero-order valence-electron chi connectivity index (χ0n) is 11.9. The summed E-state index contributed by atoms with van der Waals surface area (Å²) in [4.78, 5) is 23.8. The Hall–Kier alpha value is -1.06. The van der Waals surface area contributed by atoms with Gasteiger partial charge in [-0.3, -0.25) is 9.59 Å². The second-order valence-corrected chi connectivity index (χ2v) is 6.63. The van der Waals surface area contributed by atoms with Crippen LogP contribution in [0.4, 0.5) is 0 Å². The van der Waals surface area contributed by atoms with Gasteiger partial charge < -0.3 is 10.0 Å². The van der Waals surface area contributed by atoms with Crippen LogP contribution in [0.3, 0.4) is 0 Å². The molecule has 1 fully saturated rings. The molecule has 0 aliphatic heterocycles. The topological polar surface area (TPSA) is 57.6 Å². The highest BCUT2D eigenvalue weighted by atomic mass is 16.4. The van der Waals surface area contributed by atoms with Gasteiger partial charge in [-0.25, -0.2) is 0 Å². The number of carboxylic acid groups (broad SMARTS) is 1. The van der Waals surface area contributed by atoms with Gasteiger partial charge in [0.05, 0.1) is 0 Å². The number of nitrogens with zero attached hydrogens (tertiary/aromatic N) is 1. The van der Waals surface area contributed by atoms with Crippen LogP contribution in [0.15, 0.2) is 0 Å². The van der Waals surface area contributed by atoms with Gasteiger partial charge in [-0.2, -0.15) is 0 Å². The zero-order chi connectivity index (χ0) is 13.9. The predicted molar refractivity (Wildman–Crippen MR) is 70.2 cm³/mol. The number of amides is 1. The SMILES string of the molecule is CC1CC(CC(=O)N(C)CC(=O)O)CC(C)(C)C1. The molecule has 1 rings (SSSR count). The van der Waals surface area contributed by atoms with Crippen molar-refractivity contribution in [2.75, 3.05) is 13.6 Å². The standard InChI is InChI=1S/C14H25NO3/c1-10-5-11(8-14(2,3)7-10)6-12(16)15(4)9-13(17)18/h10-11H,5-9H2,1-4H3,(H,17,18). The molecule has 0 aromatic carbocycles. The van der Waals surface area contributed by atoms with Crippen LogP contribution in [0.1, 0.15) is 46.5 Å². The average Bonchev–Trinajstić information content (AvgIpc) is 2.12. The molecular weight excluding hydrogens is 230 g/mol. The Bertz CT molecular complexity index is 325. The summed E-state index contributed by atoms with van der Waals surface area (Å²) in [7, 11) is 1.56. The van der Waals surface area contributed by atoms with Crippen molar-refractivity contribution >= 4 is 11.9 Å². The highest BCUT2D eigenvalue weighted by Crippen LogP contribution is 2.42. The maximum atomic E-state index is 11.9. The van der Waals surface area contributed by atoms with Crippen molar-refractivity contribution in [2.24, 2.45) is 17.3 Å². The number of carbonyl (C=O) groups excluding carboxylic acids is 1. The smallest absolute Gasteiger partial charge is 0.323 e. The van der Waals surface area contributed by atoms with E-state index in [0.717, 1.165) is 12.8 Å². The van der Waals surface area contributed by atoms with E-state index in [4.69, 9.17) is 5.11 Å². The van der Waals surface area contributed by atoms with Crippen LogP contribution >= 0.6 is 0 Å². The molecule has 2 unspecified atom stereocenters. The van der Waals surface area contributed by atoms with Crippen molar-refractivity contribution in [1.29, 1.82) is 0 Å². The highest BCUT2D eigenvalue weighted by molar-refractivity contribution is 5.81. The molecule has 1 aliphatic carbocycles. The average molecular weight is 255 g/mol. The third-order valence-corrected chi connectivity index (χ3v) is 3.74. The van der Waals surface area contributed by atoms with Gasteiger partial charge in [-0.1, -0.05) is 20.8 Å². The molecule has 0 radical (unpaired) electrons. The summed E-state index contributed by atoms with van der Waals surface area (Å²) in [5, 5.41) is 8.67. The summed E-state index contributed by atoms with van der Waals surface area (Å²) in [6, 6.07) is 0. The molecule has 0 spiro atoms. The summed E-state index contributed by atoms with van der Waals surface area (Å²) >= 11 is 0. The van der Waals surface area contributed by atoms with Gasteiger partial charge in [0.1, 0.15) is 6.54 Å². The molecule has 4 heteroatoms. The van der Waals surface area contributed by atoms with Gasteiger partial charge in [0, 0.05) is 13.5 Å². The second kappa shape index (κ2) is 5.72. The van der Waals surface area contributed by atoms with Gasteiger partial charge in [-0.05, 0) is 36.5 Å². The summed E-state index contributed by atoms with van der Waals surface area (Å²) in [6.07, 6.45) is 3.83. The Morgan fingerprint density at radius 3 is 2.44 bits per heavy atom. The van der Waals surface area contributed by atoms with Gasteiger partial charge >= 0.3 is 5.97 Å². The van der Waals surface area contributed by atoms with E-state index in [1.165, 1.54) is 11.3 Å². The molecule has 0 bridgehead atoms. The molecule has 1 aliphatic rings. The number of aliphatic carboxylic acids is 1. The van der Waals surface area contributed by atoms with Crippen molar-refractivity contribution < 1.29 is 14.7 Å². The third-order valence-electron chi connectivity index (χ3n) is 3.74. The maximum Gasteiger partial charge on any atom is 0.323 e. The van der Waals surface area contributed by atoms with E-state index in [1.807, 2.05) is 0 Å². The van der Waals surface area contributed by atoms with Crippen LogP contribution in [-0.2, 0) is 9.59 Å². The molecule has 0 heterocycles. The molecule has 0 saturated heterocycles. The van der Waals surface area contributed by atoms with Crippen LogP contribution in [0.5, 0.6) is 0 Å². The fraction of sp³-hybridized carbons (Fsp3) is 0.857. The maximum absolute atomic E-state index is 11.9. The van der Waals surface area contributed by atoms with E-state index < -0.39 is 5.97 Å². The van der Waals surface area contributed by atoms with E-state index in [9.17, 15) is 9.59 Å². The Morgan fingerprint density at radius 1 is 1.33 bits per heavy atom. The fourth-order valence-electron chi connectivity index (χ4n) is 3.39. The number of hydrogen-bond acceptors (Lipinski definition) is 2. The van der Waals surface area contributed by atoms with Gasteiger partial charge in [0.25, 0.3) is 0 Å². The lowest BCUT2D eigenvalue weighted by atomic mass is 9.67. The molecule has 1 amide bonds. The predicted octanol–water partition coefficient (Wildman–Crippen LogP) is 2.38. The zero-order valence-corrected chi connectivity index (χ0v) is 11.9. The molecule has 104 valence electrons. The van der Waals surface area contributed by atoms with Crippen LogP contribution in [0.2, 0.25) is 0 Å². The summed E-state index contributed by atoms with van der Waals surface area (Å²) in [6.45, 7) is 6.53. The summed E-state index contributed by atoms with van der Waals surface area (Å²) < 4.78 is 0. The molecule has 0 aromatic heterocycles. The van der Waals surface area contributed by atoms with Gasteiger partial charge in [0.15, 0.2) is 0 Å². The Kier molecular flexibility index (Phi) is 4.77. The van der Waals surface area contributed by atoms with E-state index in [1.54, 1.807) is 7.05 Å². The van der Waals surface area contributed by atoms with Crippen molar-refractivity contribution in [3.05, 3.63) is 0 Å².